The van der Waals surface area contributed by atoms with Crippen LogP contribution >= 0.6 is 0 Å². The molecule has 0 heterocycles. The first-order chi connectivity index (χ1) is 12.5. The molecule has 5 heteroatoms. The first-order valence-electron chi connectivity index (χ1n) is 8.56. The summed E-state index contributed by atoms with van der Waals surface area (Å²) in [6.45, 7) is 4.44. The number of hydrogen-bond donors (Lipinski definition) is 0. The van der Waals surface area contributed by atoms with Crippen LogP contribution in [0.15, 0.2) is 48.5 Å². The van der Waals surface area contributed by atoms with Crippen molar-refractivity contribution in [3.8, 4) is 17.2 Å². The van der Waals surface area contributed by atoms with Crippen LogP contribution in [0.4, 0.5) is 0 Å². The molecule has 26 heavy (non-hydrogen) atoms. The minimum Gasteiger partial charge on any atom is -0.497 e. The molecule has 2 aromatic rings. The van der Waals surface area contributed by atoms with E-state index in [-0.39, 0.29) is 5.97 Å². The lowest BCUT2D eigenvalue weighted by molar-refractivity contribution is -0.149. The van der Waals surface area contributed by atoms with E-state index in [9.17, 15) is 4.79 Å². The zero-order chi connectivity index (χ0) is 19.0. The van der Waals surface area contributed by atoms with E-state index in [2.05, 4.69) is 0 Å². The van der Waals surface area contributed by atoms with Crippen molar-refractivity contribution in [1.82, 2.24) is 0 Å². The monoisotopic (exact) mass is 358 g/mol. The molecule has 0 N–H and O–H groups in total. The Balaban J connectivity index is 1.89. The van der Waals surface area contributed by atoms with Crippen molar-refractivity contribution in [2.75, 3.05) is 27.4 Å². The molecule has 0 unspecified atom stereocenters. The van der Waals surface area contributed by atoms with Gasteiger partial charge in [0.2, 0.25) is 0 Å². The Kier molecular flexibility index (Phi) is 6.89. The summed E-state index contributed by atoms with van der Waals surface area (Å²) in [6, 6.07) is 15.0. The number of methoxy groups -OCH3 is 2. The van der Waals surface area contributed by atoms with Gasteiger partial charge in [-0.25, -0.2) is 0 Å². The SMILES string of the molecule is COc1cc(OC)cc(C(C)(C)C(=O)OCCCOc2ccccc2)c1. The fraction of sp³-hybridized carbons (Fsp3) is 0.381. The molecule has 0 aliphatic rings. The fourth-order valence-electron chi connectivity index (χ4n) is 2.40. The highest BCUT2D eigenvalue weighted by molar-refractivity contribution is 5.82. The number of rotatable bonds is 9. The van der Waals surface area contributed by atoms with Gasteiger partial charge in [0.15, 0.2) is 0 Å². The molecular weight excluding hydrogens is 332 g/mol. The minimum absolute atomic E-state index is 0.299. The van der Waals surface area contributed by atoms with E-state index in [1.807, 2.05) is 56.3 Å². The summed E-state index contributed by atoms with van der Waals surface area (Å²) in [7, 11) is 3.16. The molecule has 2 rings (SSSR count). The van der Waals surface area contributed by atoms with Crippen LogP contribution in [0.25, 0.3) is 0 Å². The zero-order valence-electron chi connectivity index (χ0n) is 15.8. The topological polar surface area (TPSA) is 54.0 Å². The molecule has 0 spiro atoms. The number of para-hydroxylation sites is 1. The summed E-state index contributed by atoms with van der Waals surface area (Å²) < 4.78 is 21.6. The molecule has 5 nitrogen and oxygen atoms in total. The quantitative estimate of drug-likeness (QED) is 0.501. The lowest BCUT2D eigenvalue weighted by atomic mass is 9.84. The van der Waals surface area contributed by atoms with E-state index < -0.39 is 5.41 Å². The average Bonchev–Trinajstić information content (AvgIpc) is 2.67. The molecule has 0 saturated carbocycles. The van der Waals surface area contributed by atoms with Crippen molar-refractivity contribution >= 4 is 5.97 Å². The van der Waals surface area contributed by atoms with Gasteiger partial charge in [0.1, 0.15) is 17.2 Å². The Labute approximate surface area is 154 Å². The Hall–Kier alpha value is -2.69. The maximum atomic E-state index is 12.6. The Morgan fingerprint density at radius 3 is 2.08 bits per heavy atom. The molecule has 0 amide bonds. The Bertz CT molecular complexity index is 687. The molecule has 0 saturated heterocycles. The predicted octanol–water partition coefficient (Wildman–Crippen LogP) is 3.99. The number of hydrogen-bond acceptors (Lipinski definition) is 5. The third-order valence-corrected chi connectivity index (χ3v) is 4.12. The molecule has 0 atom stereocenters. The summed E-state index contributed by atoms with van der Waals surface area (Å²) in [5.41, 5.74) is -0.0403. The van der Waals surface area contributed by atoms with Gasteiger partial charge in [-0.2, -0.15) is 0 Å². The molecule has 0 aromatic heterocycles. The number of benzene rings is 2. The molecule has 0 aliphatic carbocycles. The van der Waals surface area contributed by atoms with Crippen molar-refractivity contribution in [3.05, 3.63) is 54.1 Å². The van der Waals surface area contributed by atoms with E-state index in [4.69, 9.17) is 18.9 Å². The van der Waals surface area contributed by atoms with E-state index in [0.717, 1.165) is 11.3 Å². The average molecular weight is 358 g/mol. The first kappa shape index (κ1) is 19.6. The summed E-state index contributed by atoms with van der Waals surface area (Å²) in [5.74, 6) is 1.78. The van der Waals surface area contributed by atoms with Crippen molar-refractivity contribution < 1.29 is 23.7 Å². The van der Waals surface area contributed by atoms with Crippen LogP contribution in [-0.2, 0) is 14.9 Å². The minimum atomic E-state index is -0.817. The van der Waals surface area contributed by atoms with Crippen LogP contribution in [0.1, 0.15) is 25.8 Å². The second-order valence-electron chi connectivity index (χ2n) is 6.38. The standard InChI is InChI=1S/C21H26O5/c1-21(2,16-13-18(23-3)15-19(14-16)24-4)20(22)26-12-8-11-25-17-9-6-5-7-10-17/h5-7,9-10,13-15H,8,11-12H2,1-4H3. The maximum Gasteiger partial charge on any atom is 0.315 e. The van der Waals surface area contributed by atoms with Gasteiger partial charge in [-0.1, -0.05) is 18.2 Å². The summed E-state index contributed by atoms with van der Waals surface area (Å²) in [4.78, 5) is 12.6. The fourth-order valence-corrected chi connectivity index (χ4v) is 2.40. The summed E-state index contributed by atoms with van der Waals surface area (Å²) in [5, 5.41) is 0. The number of ether oxygens (including phenoxy) is 4. The highest BCUT2D eigenvalue weighted by atomic mass is 16.5. The molecular formula is C21H26O5. The zero-order valence-corrected chi connectivity index (χ0v) is 15.8. The second kappa shape index (κ2) is 9.13. The van der Waals surface area contributed by atoms with Gasteiger partial charge in [0.25, 0.3) is 0 Å². The molecule has 0 fully saturated rings. The van der Waals surface area contributed by atoms with Gasteiger partial charge in [0.05, 0.1) is 32.8 Å². The highest BCUT2D eigenvalue weighted by Crippen LogP contribution is 2.32. The second-order valence-corrected chi connectivity index (χ2v) is 6.38. The lowest BCUT2D eigenvalue weighted by Gasteiger charge is -2.24. The molecule has 0 bridgehead atoms. The predicted molar refractivity (Wildman–Crippen MR) is 100 cm³/mol. The van der Waals surface area contributed by atoms with Gasteiger partial charge in [0, 0.05) is 12.5 Å². The molecule has 0 radical (unpaired) electrons. The van der Waals surface area contributed by atoms with Gasteiger partial charge in [-0.05, 0) is 43.7 Å². The number of carbonyl (C=O) groups is 1. The third-order valence-electron chi connectivity index (χ3n) is 4.12. The molecule has 2 aromatic carbocycles. The van der Waals surface area contributed by atoms with Crippen molar-refractivity contribution in [2.45, 2.75) is 25.7 Å². The van der Waals surface area contributed by atoms with Crippen LogP contribution in [-0.4, -0.2) is 33.4 Å². The third kappa shape index (κ3) is 5.15. The van der Waals surface area contributed by atoms with Crippen LogP contribution in [0.2, 0.25) is 0 Å². The normalized spacial score (nSPS) is 10.9. The Morgan fingerprint density at radius 1 is 0.885 bits per heavy atom. The van der Waals surface area contributed by atoms with Crippen LogP contribution in [0.5, 0.6) is 17.2 Å². The van der Waals surface area contributed by atoms with Crippen LogP contribution in [0, 0.1) is 0 Å². The molecule has 140 valence electrons. The van der Waals surface area contributed by atoms with Gasteiger partial charge in [-0.3, -0.25) is 4.79 Å². The van der Waals surface area contributed by atoms with E-state index >= 15 is 0 Å². The van der Waals surface area contributed by atoms with Crippen molar-refractivity contribution in [2.24, 2.45) is 0 Å². The van der Waals surface area contributed by atoms with Crippen LogP contribution in [0.3, 0.4) is 0 Å². The van der Waals surface area contributed by atoms with Gasteiger partial charge >= 0.3 is 5.97 Å². The smallest absolute Gasteiger partial charge is 0.315 e. The maximum absolute atomic E-state index is 12.6. The number of carbonyl (C=O) groups excluding carboxylic acids is 1. The van der Waals surface area contributed by atoms with Crippen LogP contribution < -0.4 is 14.2 Å². The highest BCUT2D eigenvalue weighted by Gasteiger charge is 2.32. The van der Waals surface area contributed by atoms with Gasteiger partial charge in [-0.15, -0.1) is 0 Å². The van der Waals surface area contributed by atoms with E-state index in [1.165, 1.54) is 0 Å². The van der Waals surface area contributed by atoms with Crippen molar-refractivity contribution in [1.29, 1.82) is 0 Å². The molecule has 0 aliphatic heterocycles. The van der Waals surface area contributed by atoms with Gasteiger partial charge < -0.3 is 18.9 Å². The summed E-state index contributed by atoms with van der Waals surface area (Å²) in [6.07, 6.45) is 0.623. The Morgan fingerprint density at radius 2 is 1.50 bits per heavy atom. The first-order valence-corrected chi connectivity index (χ1v) is 8.56. The van der Waals surface area contributed by atoms with Crippen molar-refractivity contribution in [3.63, 3.8) is 0 Å². The summed E-state index contributed by atoms with van der Waals surface area (Å²) >= 11 is 0. The number of esters is 1. The van der Waals surface area contributed by atoms with E-state index in [0.29, 0.717) is 31.1 Å². The largest absolute Gasteiger partial charge is 0.497 e. The lowest BCUT2D eigenvalue weighted by Crippen LogP contribution is -2.31. The van der Waals surface area contributed by atoms with E-state index in [1.54, 1.807) is 20.3 Å².